The van der Waals surface area contributed by atoms with Gasteiger partial charge in [0.15, 0.2) is 18.1 Å². The predicted molar refractivity (Wildman–Crippen MR) is 103 cm³/mol. The molecule has 148 valence electrons. The molecule has 0 saturated heterocycles. The van der Waals surface area contributed by atoms with Crippen LogP contribution in [0.1, 0.15) is 37.6 Å². The summed E-state index contributed by atoms with van der Waals surface area (Å²) in [7, 11) is 2.86. The number of ether oxygens (including phenoxy) is 3. The molecule has 0 spiro atoms. The minimum Gasteiger partial charge on any atom is -0.493 e. The standard InChI is InChI=1S/C19H20N2O6S/c1-25-12-7-3-6-11(16(12)26-2)19(24)27-9-14(22)21-18-15(17(20)23)10-5-4-8-13(10)28-18/h3,6-7H,4-5,8-9H2,1-2H3,(H2,20,23)(H,21,22). The van der Waals surface area contributed by atoms with Crippen LogP contribution in [0, 0.1) is 0 Å². The molecule has 0 radical (unpaired) electrons. The number of benzene rings is 1. The second-order valence-electron chi connectivity index (χ2n) is 6.09. The number of thiophene rings is 1. The Hall–Kier alpha value is -3.07. The van der Waals surface area contributed by atoms with Crippen molar-refractivity contribution < 1.29 is 28.6 Å². The third-order valence-corrected chi connectivity index (χ3v) is 5.59. The smallest absolute Gasteiger partial charge is 0.342 e. The first-order valence-corrected chi connectivity index (χ1v) is 9.40. The SMILES string of the molecule is COc1cccc(C(=O)OCC(=O)Nc2sc3c(c2C(N)=O)CCC3)c1OC. The zero-order chi connectivity index (χ0) is 20.3. The summed E-state index contributed by atoms with van der Waals surface area (Å²) >= 11 is 1.34. The fourth-order valence-corrected chi connectivity index (χ4v) is 4.48. The van der Waals surface area contributed by atoms with Gasteiger partial charge in [0.2, 0.25) is 0 Å². The largest absolute Gasteiger partial charge is 0.493 e. The van der Waals surface area contributed by atoms with E-state index in [9.17, 15) is 14.4 Å². The highest BCUT2D eigenvalue weighted by molar-refractivity contribution is 7.17. The van der Waals surface area contributed by atoms with Gasteiger partial charge < -0.3 is 25.3 Å². The van der Waals surface area contributed by atoms with Crippen LogP contribution < -0.4 is 20.5 Å². The highest BCUT2D eigenvalue weighted by atomic mass is 32.1. The van der Waals surface area contributed by atoms with Crippen molar-refractivity contribution in [2.24, 2.45) is 5.73 Å². The lowest BCUT2D eigenvalue weighted by molar-refractivity contribution is -0.119. The van der Waals surface area contributed by atoms with Crippen molar-refractivity contribution in [1.82, 2.24) is 0 Å². The molecule has 1 aliphatic rings. The third-order valence-electron chi connectivity index (χ3n) is 4.38. The lowest BCUT2D eigenvalue weighted by Gasteiger charge is -2.12. The van der Waals surface area contributed by atoms with Gasteiger partial charge in [0.05, 0.1) is 19.8 Å². The molecule has 0 atom stereocenters. The molecule has 2 aromatic rings. The molecule has 3 N–H and O–H groups in total. The van der Waals surface area contributed by atoms with Gasteiger partial charge in [0, 0.05) is 4.88 Å². The topological polar surface area (TPSA) is 117 Å². The maximum atomic E-state index is 12.3. The Labute approximate surface area is 165 Å². The van der Waals surface area contributed by atoms with Crippen LogP contribution in [0.5, 0.6) is 11.5 Å². The normalized spacial score (nSPS) is 12.2. The fraction of sp³-hybridized carbons (Fsp3) is 0.316. The van der Waals surface area contributed by atoms with Gasteiger partial charge in [0.1, 0.15) is 10.6 Å². The highest BCUT2D eigenvalue weighted by Gasteiger charge is 2.26. The molecule has 3 rings (SSSR count). The van der Waals surface area contributed by atoms with E-state index in [0.29, 0.717) is 16.3 Å². The summed E-state index contributed by atoms with van der Waals surface area (Å²) in [4.78, 5) is 37.4. The average molecular weight is 404 g/mol. The van der Waals surface area contributed by atoms with Crippen molar-refractivity contribution >= 4 is 34.1 Å². The number of amides is 2. The lowest BCUT2D eigenvalue weighted by Crippen LogP contribution is -2.23. The summed E-state index contributed by atoms with van der Waals surface area (Å²) in [5.41, 5.74) is 6.87. The number of fused-ring (bicyclic) bond motifs is 1. The van der Waals surface area contributed by atoms with Gasteiger partial charge >= 0.3 is 5.97 Å². The first-order valence-electron chi connectivity index (χ1n) is 8.58. The number of anilines is 1. The monoisotopic (exact) mass is 404 g/mol. The molecule has 9 heteroatoms. The number of carbonyl (C=O) groups is 3. The van der Waals surface area contributed by atoms with Gasteiger partial charge in [-0.3, -0.25) is 9.59 Å². The number of hydrogen-bond acceptors (Lipinski definition) is 7. The van der Waals surface area contributed by atoms with Gasteiger partial charge in [-0.05, 0) is 37.0 Å². The molecular formula is C19H20N2O6S. The first kappa shape index (κ1) is 19.7. The molecule has 1 aromatic heterocycles. The Balaban J connectivity index is 1.67. The number of nitrogens with two attached hydrogens (primary N) is 1. The molecule has 28 heavy (non-hydrogen) atoms. The fourth-order valence-electron chi connectivity index (χ4n) is 3.17. The summed E-state index contributed by atoms with van der Waals surface area (Å²) in [6.45, 7) is -0.514. The number of para-hydroxylation sites is 1. The lowest BCUT2D eigenvalue weighted by atomic mass is 10.1. The van der Waals surface area contributed by atoms with E-state index in [0.717, 1.165) is 29.7 Å². The second-order valence-corrected chi connectivity index (χ2v) is 7.20. The van der Waals surface area contributed by atoms with Crippen molar-refractivity contribution in [3.8, 4) is 11.5 Å². The van der Waals surface area contributed by atoms with Crippen molar-refractivity contribution in [3.63, 3.8) is 0 Å². The number of primary amides is 1. The first-order chi connectivity index (χ1) is 13.5. The second kappa shape index (κ2) is 8.30. The zero-order valence-corrected chi connectivity index (χ0v) is 16.3. The Morgan fingerprint density at radius 1 is 1.18 bits per heavy atom. The molecule has 1 aromatic carbocycles. The molecule has 0 unspecified atom stereocenters. The van der Waals surface area contributed by atoms with Crippen LogP contribution in [0.4, 0.5) is 5.00 Å². The maximum absolute atomic E-state index is 12.3. The highest BCUT2D eigenvalue weighted by Crippen LogP contribution is 2.38. The van der Waals surface area contributed by atoms with Gasteiger partial charge in [-0.2, -0.15) is 0 Å². The number of carbonyl (C=O) groups excluding carboxylic acids is 3. The molecule has 0 fully saturated rings. The van der Waals surface area contributed by atoms with E-state index >= 15 is 0 Å². The van der Waals surface area contributed by atoms with Crippen LogP contribution in [-0.2, 0) is 22.4 Å². The van der Waals surface area contributed by atoms with Gasteiger partial charge in [0.25, 0.3) is 11.8 Å². The van der Waals surface area contributed by atoms with E-state index in [-0.39, 0.29) is 11.3 Å². The number of rotatable bonds is 7. The van der Waals surface area contributed by atoms with Crippen LogP contribution in [-0.4, -0.2) is 38.6 Å². The maximum Gasteiger partial charge on any atom is 0.342 e. The molecule has 1 heterocycles. The van der Waals surface area contributed by atoms with E-state index in [4.69, 9.17) is 19.9 Å². The molecule has 1 aliphatic carbocycles. The van der Waals surface area contributed by atoms with Crippen molar-refractivity contribution in [3.05, 3.63) is 39.8 Å². The minimum atomic E-state index is -0.727. The average Bonchev–Trinajstić information content (AvgIpc) is 3.25. The van der Waals surface area contributed by atoms with Gasteiger partial charge in [-0.25, -0.2) is 4.79 Å². The Kier molecular flexibility index (Phi) is 5.84. The van der Waals surface area contributed by atoms with Crippen LogP contribution in [0.15, 0.2) is 18.2 Å². The molecule has 2 amide bonds. The quantitative estimate of drug-likeness (QED) is 0.683. The number of aryl methyl sites for hydroxylation is 1. The van der Waals surface area contributed by atoms with Crippen LogP contribution in [0.3, 0.4) is 0 Å². The molecular weight excluding hydrogens is 384 g/mol. The van der Waals surface area contributed by atoms with E-state index in [2.05, 4.69) is 5.32 Å². The van der Waals surface area contributed by atoms with Gasteiger partial charge in [-0.15, -0.1) is 11.3 Å². The Bertz CT molecular complexity index is 937. The summed E-state index contributed by atoms with van der Waals surface area (Å²) in [5, 5.41) is 3.03. The van der Waals surface area contributed by atoms with Gasteiger partial charge in [-0.1, -0.05) is 6.07 Å². The van der Waals surface area contributed by atoms with Crippen molar-refractivity contribution in [2.75, 3.05) is 26.1 Å². The van der Waals surface area contributed by atoms with Crippen molar-refractivity contribution in [1.29, 1.82) is 0 Å². The van der Waals surface area contributed by atoms with E-state index in [1.807, 2.05) is 0 Å². The summed E-state index contributed by atoms with van der Waals surface area (Å²) in [5.74, 6) is -1.26. The number of hydrogen-bond donors (Lipinski definition) is 2. The number of esters is 1. The van der Waals surface area contributed by atoms with Crippen molar-refractivity contribution in [2.45, 2.75) is 19.3 Å². The molecule has 0 saturated carbocycles. The predicted octanol–water partition coefficient (Wildman–Crippen LogP) is 2.15. The minimum absolute atomic E-state index is 0.141. The summed E-state index contributed by atoms with van der Waals surface area (Å²) in [6, 6.07) is 4.77. The molecule has 0 bridgehead atoms. The molecule has 8 nitrogen and oxygen atoms in total. The Morgan fingerprint density at radius 3 is 2.64 bits per heavy atom. The summed E-state index contributed by atoms with van der Waals surface area (Å²) < 4.78 is 15.4. The van der Waals surface area contributed by atoms with E-state index in [1.165, 1.54) is 31.6 Å². The molecule has 0 aliphatic heterocycles. The zero-order valence-electron chi connectivity index (χ0n) is 15.5. The number of methoxy groups -OCH3 is 2. The number of nitrogens with one attached hydrogen (secondary N) is 1. The van der Waals surface area contributed by atoms with E-state index < -0.39 is 24.4 Å². The third kappa shape index (κ3) is 3.79. The van der Waals surface area contributed by atoms with Crippen LogP contribution >= 0.6 is 11.3 Å². The Morgan fingerprint density at radius 2 is 1.96 bits per heavy atom. The van der Waals surface area contributed by atoms with Crippen LogP contribution in [0.25, 0.3) is 0 Å². The van der Waals surface area contributed by atoms with E-state index in [1.54, 1.807) is 12.1 Å². The summed E-state index contributed by atoms with van der Waals surface area (Å²) in [6.07, 6.45) is 2.60. The van der Waals surface area contributed by atoms with Crippen LogP contribution in [0.2, 0.25) is 0 Å².